The maximum Gasteiger partial charge on any atom is 0.356 e. The second-order valence-corrected chi connectivity index (χ2v) is 3.30. The topological polar surface area (TPSA) is 61.2 Å². The SMILES string of the molecule is COC(=O)c1ccc(-n2ccccc2=O)cn1. The molecule has 2 heterocycles. The van der Waals surface area contributed by atoms with Crippen LogP contribution in [0.25, 0.3) is 5.69 Å². The lowest BCUT2D eigenvalue weighted by Gasteiger charge is -2.04. The van der Waals surface area contributed by atoms with E-state index >= 15 is 0 Å². The molecule has 17 heavy (non-hydrogen) atoms. The van der Waals surface area contributed by atoms with E-state index in [1.807, 2.05) is 0 Å². The van der Waals surface area contributed by atoms with Gasteiger partial charge in [0, 0.05) is 12.3 Å². The highest BCUT2D eigenvalue weighted by molar-refractivity contribution is 5.87. The predicted octanol–water partition coefficient (Wildman–Crippen LogP) is 1.02. The van der Waals surface area contributed by atoms with Crippen molar-refractivity contribution in [1.82, 2.24) is 9.55 Å². The molecule has 0 fully saturated rings. The van der Waals surface area contributed by atoms with Crippen LogP contribution in [0, 0.1) is 0 Å². The van der Waals surface area contributed by atoms with E-state index in [0.29, 0.717) is 5.69 Å². The number of methoxy groups -OCH3 is 1. The molecular weight excluding hydrogens is 220 g/mol. The summed E-state index contributed by atoms with van der Waals surface area (Å²) in [6.07, 6.45) is 3.09. The molecule has 86 valence electrons. The molecule has 0 aliphatic heterocycles. The van der Waals surface area contributed by atoms with Gasteiger partial charge in [0.1, 0.15) is 5.69 Å². The van der Waals surface area contributed by atoms with E-state index in [4.69, 9.17) is 0 Å². The molecule has 2 aromatic heterocycles. The molecule has 0 radical (unpaired) electrons. The van der Waals surface area contributed by atoms with Crippen LogP contribution in [0.15, 0.2) is 47.5 Å². The summed E-state index contributed by atoms with van der Waals surface area (Å²) in [5, 5.41) is 0. The van der Waals surface area contributed by atoms with Gasteiger partial charge < -0.3 is 4.74 Å². The Kier molecular flexibility index (Phi) is 3.00. The van der Waals surface area contributed by atoms with Crippen molar-refractivity contribution in [2.24, 2.45) is 0 Å². The Morgan fingerprint density at radius 2 is 2.12 bits per heavy atom. The average Bonchev–Trinajstić information content (AvgIpc) is 2.39. The number of carbonyl (C=O) groups is 1. The van der Waals surface area contributed by atoms with Crippen molar-refractivity contribution in [2.45, 2.75) is 0 Å². The minimum Gasteiger partial charge on any atom is -0.464 e. The van der Waals surface area contributed by atoms with Crippen LogP contribution >= 0.6 is 0 Å². The summed E-state index contributed by atoms with van der Waals surface area (Å²) in [7, 11) is 1.29. The molecule has 0 bridgehead atoms. The first-order valence-electron chi connectivity index (χ1n) is 4.95. The van der Waals surface area contributed by atoms with Gasteiger partial charge in [0.05, 0.1) is 19.0 Å². The van der Waals surface area contributed by atoms with Gasteiger partial charge in [0.15, 0.2) is 0 Å². The number of nitrogens with zero attached hydrogens (tertiary/aromatic N) is 2. The van der Waals surface area contributed by atoms with E-state index in [1.165, 1.54) is 30.0 Å². The molecule has 0 saturated carbocycles. The minimum atomic E-state index is -0.503. The molecule has 0 aliphatic rings. The van der Waals surface area contributed by atoms with Gasteiger partial charge in [-0.3, -0.25) is 9.36 Å². The summed E-state index contributed by atoms with van der Waals surface area (Å²) < 4.78 is 5.97. The zero-order chi connectivity index (χ0) is 12.3. The average molecular weight is 230 g/mol. The fourth-order valence-electron chi connectivity index (χ4n) is 1.39. The normalized spacial score (nSPS) is 9.94. The molecule has 2 aromatic rings. The van der Waals surface area contributed by atoms with E-state index in [0.717, 1.165) is 0 Å². The Labute approximate surface area is 97.3 Å². The summed E-state index contributed by atoms with van der Waals surface area (Å²) >= 11 is 0. The third-order valence-electron chi connectivity index (χ3n) is 2.24. The monoisotopic (exact) mass is 230 g/mol. The first-order valence-corrected chi connectivity index (χ1v) is 4.95. The molecule has 5 heteroatoms. The zero-order valence-corrected chi connectivity index (χ0v) is 9.16. The molecule has 0 saturated heterocycles. The maximum atomic E-state index is 11.5. The van der Waals surface area contributed by atoms with Crippen LogP contribution in [0.2, 0.25) is 0 Å². The second kappa shape index (κ2) is 4.61. The molecular formula is C12H10N2O3. The van der Waals surface area contributed by atoms with Gasteiger partial charge in [-0.15, -0.1) is 0 Å². The third kappa shape index (κ3) is 2.23. The van der Waals surface area contributed by atoms with Crippen LogP contribution in [0.4, 0.5) is 0 Å². The Morgan fingerprint density at radius 1 is 1.29 bits per heavy atom. The van der Waals surface area contributed by atoms with E-state index in [9.17, 15) is 9.59 Å². The molecule has 0 spiro atoms. The number of hydrogen-bond donors (Lipinski definition) is 0. The Morgan fingerprint density at radius 3 is 2.71 bits per heavy atom. The Bertz CT molecular complexity index is 587. The molecule has 0 unspecified atom stereocenters. The van der Waals surface area contributed by atoms with Crippen LogP contribution in [0.1, 0.15) is 10.5 Å². The van der Waals surface area contributed by atoms with Crippen LogP contribution in [-0.2, 0) is 4.74 Å². The second-order valence-electron chi connectivity index (χ2n) is 3.30. The maximum absolute atomic E-state index is 11.5. The van der Waals surface area contributed by atoms with Crippen molar-refractivity contribution in [1.29, 1.82) is 0 Å². The van der Waals surface area contributed by atoms with Crippen molar-refractivity contribution in [3.8, 4) is 5.69 Å². The molecule has 0 amide bonds. The van der Waals surface area contributed by atoms with Crippen LogP contribution in [0.5, 0.6) is 0 Å². The van der Waals surface area contributed by atoms with Crippen molar-refractivity contribution < 1.29 is 9.53 Å². The first-order chi connectivity index (χ1) is 8.22. The highest BCUT2D eigenvalue weighted by Crippen LogP contribution is 2.05. The molecule has 0 aliphatic carbocycles. The standard InChI is InChI=1S/C12H10N2O3/c1-17-12(16)10-6-5-9(8-13-10)14-7-3-2-4-11(14)15/h2-8H,1H3. The fraction of sp³-hybridized carbons (Fsp3) is 0.0833. The van der Waals surface area contributed by atoms with Gasteiger partial charge >= 0.3 is 5.97 Å². The van der Waals surface area contributed by atoms with Crippen LogP contribution in [0.3, 0.4) is 0 Å². The summed E-state index contributed by atoms with van der Waals surface area (Å²) in [5.41, 5.74) is 0.656. The van der Waals surface area contributed by atoms with Crippen molar-refractivity contribution in [3.63, 3.8) is 0 Å². The van der Waals surface area contributed by atoms with Crippen LogP contribution in [-0.4, -0.2) is 22.6 Å². The summed E-state index contributed by atoms with van der Waals surface area (Å²) in [6.45, 7) is 0. The van der Waals surface area contributed by atoms with E-state index in [1.54, 1.807) is 24.4 Å². The van der Waals surface area contributed by atoms with Crippen molar-refractivity contribution in [2.75, 3.05) is 7.11 Å². The van der Waals surface area contributed by atoms with Gasteiger partial charge in [0.25, 0.3) is 5.56 Å². The predicted molar refractivity (Wildman–Crippen MR) is 61.2 cm³/mol. The quantitative estimate of drug-likeness (QED) is 0.722. The highest BCUT2D eigenvalue weighted by Gasteiger charge is 2.06. The van der Waals surface area contributed by atoms with Crippen molar-refractivity contribution >= 4 is 5.97 Å². The third-order valence-corrected chi connectivity index (χ3v) is 2.24. The molecule has 0 N–H and O–H groups in total. The summed E-state index contributed by atoms with van der Waals surface area (Å²) in [6, 6.07) is 8.01. The van der Waals surface area contributed by atoms with Gasteiger partial charge in [-0.2, -0.15) is 0 Å². The van der Waals surface area contributed by atoms with Gasteiger partial charge in [-0.1, -0.05) is 6.07 Å². The largest absolute Gasteiger partial charge is 0.464 e. The molecule has 5 nitrogen and oxygen atoms in total. The lowest BCUT2D eigenvalue weighted by atomic mass is 10.3. The highest BCUT2D eigenvalue weighted by atomic mass is 16.5. The smallest absolute Gasteiger partial charge is 0.356 e. The molecule has 2 rings (SSSR count). The van der Waals surface area contributed by atoms with E-state index in [-0.39, 0.29) is 11.3 Å². The van der Waals surface area contributed by atoms with Crippen molar-refractivity contribution in [3.05, 3.63) is 58.8 Å². The number of hydrogen-bond acceptors (Lipinski definition) is 4. The molecule has 0 atom stereocenters. The summed E-state index contributed by atoms with van der Waals surface area (Å²) in [5.74, 6) is -0.503. The van der Waals surface area contributed by atoms with E-state index < -0.39 is 5.97 Å². The Hall–Kier alpha value is -2.43. The lowest BCUT2D eigenvalue weighted by molar-refractivity contribution is 0.0594. The zero-order valence-electron chi connectivity index (χ0n) is 9.16. The number of ether oxygens (including phenoxy) is 1. The van der Waals surface area contributed by atoms with Gasteiger partial charge in [0.2, 0.25) is 0 Å². The first kappa shape index (κ1) is 11.1. The fourth-order valence-corrected chi connectivity index (χ4v) is 1.39. The number of rotatable bonds is 2. The molecule has 0 aromatic carbocycles. The number of esters is 1. The number of pyridine rings is 2. The van der Waals surface area contributed by atoms with Gasteiger partial charge in [-0.25, -0.2) is 9.78 Å². The number of carbonyl (C=O) groups excluding carboxylic acids is 1. The van der Waals surface area contributed by atoms with Gasteiger partial charge in [-0.05, 0) is 18.2 Å². The minimum absolute atomic E-state index is 0.153. The Balaban J connectivity index is 2.40. The number of aromatic nitrogens is 2. The van der Waals surface area contributed by atoms with Crippen LogP contribution < -0.4 is 5.56 Å². The van der Waals surface area contributed by atoms with E-state index in [2.05, 4.69) is 9.72 Å². The summed E-state index contributed by atoms with van der Waals surface area (Å²) in [4.78, 5) is 26.6. The lowest BCUT2D eigenvalue weighted by Crippen LogP contribution is -2.16.